The molecule has 2 aromatic rings. The molecule has 2 N–H and O–H groups in total. The zero-order valence-corrected chi connectivity index (χ0v) is 11.3. The molecule has 0 atom stereocenters. The summed E-state index contributed by atoms with van der Waals surface area (Å²) in [5.41, 5.74) is 4.75. The molecule has 0 saturated carbocycles. The van der Waals surface area contributed by atoms with Crippen molar-refractivity contribution in [1.29, 1.82) is 0 Å². The second kappa shape index (κ2) is 6.10. The van der Waals surface area contributed by atoms with E-state index in [4.69, 9.17) is 5.73 Å². The van der Waals surface area contributed by atoms with Crippen molar-refractivity contribution in [2.45, 2.75) is 6.18 Å². The number of pyridine rings is 1. The third-order valence-corrected chi connectivity index (χ3v) is 2.93. The number of rotatable bonds is 3. The van der Waals surface area contributed by atoms with Gasteiger partial charge in [0.1, 0.15) is 5.82 Å². The summed E-state index contributed by atoms with van der Waals surface area (Å²) < 4.78 is 53.1. The number of benzene rings is 1. The summed E-state index contributed by atoms with van der Waals surface area (Å²) in [7, 11) is 0. The first-order valence-electron chi connectivity index (χ1n) is 6.15. The second-order valence-corrected chi connectivity index (χ2v) is 4.26. The molecule has 0 amide bonds. The highest BCUT2D eigenvalue weighted by atomic mass is 19.4. The number of halogens is 4. The number of nitrogens with two attached hydrogens (primary N) is 1. The van der Waals surface area contributed by atoms with Crippen LogP contribution >= 0.6 is 0 Å². The molecule has 0 saturated heterocycles. The molecule has 0 aliphatic heterocycles. The number of nitrogens with zero attached hydrogens (tertiary/aromatic N) is 3. The van der Waals surface area contributed by atoms with E-state index in [0.717, 1.165) is 12.1 Å². The molecule has 0 fully saturated rings. The van der Waals surface area contributed by atoms with Crippen molar-refractivity contribution in [3.8, 4) is 11.1 Å². The molecule has 0 bridgehead atoms. The SMILES string of the molecule is C=Nn1cccc(-c2ccc(C(F)(F)F)cc2F)/c1=N/CN. The molecule has 0 unspecified atom stereocenters. The van der Waals surface area contributed by atoms with Crippen molar-refractivity contribution in [3.63, 3.8) is 0 Å². The Hall–Kier alpha value is -2.48. The van der Waals surface area contributed by atoms with Crippen LogP contribution in [0, 0.1) is 5.82 Å². The third-order valence-electron chi connectivity index (χ3n) is 2.93. The summed E-state index contributed by atoms with van der Waals surface area (Å²) in [6, 6.07) is 5.37. The van der Waals surface area contributed by atoms with E-state index in [0.29, 0.717) is 6.07 Å². The Morgan fingerprint density at radius 1 is 1.18 bits per heavy atom. The Bertz CT molecular complexity index is 762. The highest BCUT2D eigenvalue weighted by Gasteiger charge is 2.31. The van der Waals surface area contributed by atoms with E-state index >= 15 is 0 Å². The maximum Gasteiger partial charge on any atom is 0.416 e. The Labute approximate surface area is 123 Å². The van der Waals surface area contributed by atoms with Crippen LogP contribution in [0.2, 0.25) is 0 Å². The van der Waals surface area contributed by atoms with Gasteiger partial charge in [-0.1, -0.05) is 6.07 Å². The first-order valence-corrected chi connectivity index (χ1v) is 6.15. The van der Waals surface area contributed by atoms with Gasteiger partial charge in [-0.2, -0.15) is 18.3 Å². The largest absolute Gasteiger partial charge is 0.416 e. The van der Waals surface area contributed by atoms with Crippen LogP contribution in [0.1, 0.15) is 5.56 Å². The van der Waals surface area contributed by atoms with Crippen molar-refractivity contribution >= 4 is 6.72 Å². The van der Waals surface area contributed by atoms with Crippen LogP contribution in [-0.4, -0.2) is 18.1 Å². The Balaban J connectivity index is 2.68. The van der Waals surface area contributed by atoms with Crippen molar-refractivity contribution in [2.75, 3.05) is 6.67 Å². The normalized spacial score (nSPS) is 12.5. The zero-order valence-electron chi connectivity index (χ0n) is 11.3. The third kappa shape index (κ3) is 3.06. The number of aromatic nitrogens is 1. The summed E-state index contributed by atoms with van der Waals surface area (Å²) in [5, 5.41) is 3.68. The van der Waals surface area contributed by atoms with Crippen molar-refractivity contribution in [3.05, 3.63) is 53.4 Å². The molecule has 0 spiro atoms. The maximum absolute atomic E-state index is 14.1. The van der Waals surface area contributed by atoms with Crippen molar-refractivity contribution in [1.82, 2.24) is 4.68 Å². The van der Waals surface area contributed by atoms with Crippen LogP contribution in [-0.2, 0) is 6.18 Å². The van der Waals surface area contributed by atoms with Gasteiger partial charge in [0.2, 0.25) is 0 Å². The van der Waals surface area contributed by atoms with Crippen molar-refractivity contribution < 1.29 is 17.6 Å². The van der Waals surface area contributed by atoms with Crippen LogP contribution < -0.4 is 11.2 Å². The van der Waals surface area contributed by atoms with Crippen LogP contribution in [0.4, 0.5) is 17.6 Å². The Morgan fingerprint density at radius 3 is 2.45 bits per heavy atom. The number of alkyl halides is 3. The van der Waals surface area contributed by atoms with Crippen LogP contribution in [0.5, 0.6) is 0 Å². The molecule has 1 aromatic carbocycles. The van der Waals surface area contributed by atoms with Gasteiger partial charge in [-0.25, -0.2) is 9.07 Å². The smallest absolute Gasteiger partial charge is 0.312 e. The van der Waals surface area contributed by atoms with E-state index in [9.17, 15) is 17.6 Å². The standard InChI is InChI=1S/C14H12F4N4/c1-20-22-6-2-3-11(13(22)21-8-19)10-5-4-9(7-12(10)15)14(16,17)18/h2-7H,1,8,19H2/b21-13-. The van der Waals surface area contributed by atoms with Gasteiger partial charge in [-0.05, 0) is 24.3 Å². The van der Waals surface area contributed by atoms with Gasteiger partial charge in [0.15, 0.2) is 5.49 Å². The minimum atomic E-state index is -4.61. The summed E-state index contributed by atoms with van der Waals surface area (Å²) >= 11 is 0. The van der Waals surface area contributed by atoms with Crippen molar-refractivity contribution in [2.24, 2.45) is 15.8 Å². The molecule has 116 valence electrons. The first-order chi connectivity index (χ1) is 10.4. The minimum Gasteiger partial charge on any atom is -0.312 e. The fourth-order valence-electron chi connectivity index (χ4n) is 1.97. The minimum absolute atomic E-state index is 0.0294. The van der Waals surface area contributed by atoms with E-state index in [1.807, 2.05) is 0 Å². The van der Waals surface area contributed by atoms with Gasteiger partial charge < -0.3 is 5.73 Å². The molecule has 0 aliphatic rings. The molecular formula is C14H12F4N4. The van der Waals surface area contributed by atoms with Gasteiger partial charge in [0, 0.05) is 24.0 Å². The van der Waals surface area contributed by atoms with E-state index in [1.54, 1.807) is 6.07 Å². The van der Waals surface area contributed by atoms with E-state index in [1.165, 1.54) is 16.9 Å². The average molecular weight is 312 g/mol. The lowest BCUT2D eigenvalue weighted by Gasteiger charge is -2.11. The summed E-state index contributed by atoms with van der Waals surface area (Å²) in [6.45, 7) is 3.26. The monoisotopic (exact) mass is 312 g/mol. The zero-order chi connectivity index (χ0) is 16.3. The lowest BCUT2D eigenvalue weighted by molar-refractivity contribution is -0.137. The van der Waals surface area contributed by atoms with Gasteiger partial charge in [-0.3, -0.25) is 4.99 Å². The predicted octanol–water partition coefficient (Wildman–Crippen LogP) is 2.59. The molecule has 1 aromatic heterocycles. The fourth-order valence-corrected chi connectivity index (χ4v) is 1.97. The molecule has 4 nitrogen and oxygen atoms in total. The highest BCUT2D eigenvalue weighted by molar-refractivity contribution is 5.63. The second-order valence-electron chi connectivity index (χ2n) is 4.26. The molecule has 8 heteroatoms. The van der Waals surface area contributed by atoms with Crippen LogP contribution in [0.25, 0.3) is 11.1 Å². The van der Waals surface area contributed by atoms with E-state index in [2.05, 4.69) is 16.8 Å². The van der Waals surface area contributed by atoms with Gasteiger partial charge in [-0.15, -0.1) is 0 Å². The van der Waals surface area contributed by atoms with Gasteiger partial charge >= 0.3 is 6.18 Å². The number of hydrogen-bond acceptors (Lipinski definition) is 3. The van der Waals surface area contributed by atoms with Gasteiger partial charge in [0.05, 0.1) is 12.2 Å². The first kappa shape index (κ1) is 15.9. The summed E-state index contributed by atoms with van der Waals surface area (Å²) in [6.07, 6.45) is -3.09. The summed E-state index contributed by atoms with van der Waals surface area (Å²) in [4.78, 5) is 3.98. The summed E-state index contributed by atoms with van der Waals surface area (Å²) in [5.74, 6) is -1.01. The fraction of sp³-hybridized carbons (Fsp3) is 0.143. The lowest BCUT2D eigenvalue weighted by atomic mass is 10.0. The molecule has 0 radical (unpaired) electrons. The lowest BCUT2D eigenvalue weighted by Crippen LogP contribution is -2.21. The molecule has 0 aliphatic carbocycles. The van der Waals surface area contributed by atoms with E-state index < -0.39 is 17.6 Å². The molecule has 2 rings (SSSR count). The maximum atomic E-state index is 14.1. The topological polar surface area (TPSA) is 55.7 Å². The molecule has 1 heterocycles. The quantitative estimate of drug-likeness (QED) is 0.687. The van der Waals surface area contributed by atoms with E-state index in [-0.39, 0.29) is 23.3 Å². The average Bonchev–Trinajstić information content (AvgIpc) is 2.47. The molecule has 22 heavy (non-hydrogen) atoms. The van der Waals surface area contributed by atoms with Crippen LogP contribution in [0.3, 0.4) is 0 Å². The van der Waals surface area contributed by atoms with Gasteiger partial charge in [0.25, 0.3) is 0 Å². The Kier molecular flexibility index (Phi) is 4.41. The highest BCUT2D eigenvalue weighted by Crippen LogP contribution is 2.32. The number of hydrogen-bond donors (Lipinski definition) is 1. The molecular weight excluding hydrogens is 300 g/mol. The predicted molar refractivity (Wildman–Crippen MR) is 74.4 cm³/mol. The Morgan fingerprint density at radius 2 is 1.91 bits per heavy atom. The van der Waals surface area contributed by atoms with Crippen LogP contribution in [0.15, 0.2) is 46.6 Å².